The number of nitrogens with zero attached hydrogens (tertiary/aromatic N) is 1. The number of pyridine rings is 1. The van der Waals surface area contributed by atoms with Crippen molar-refractivity contribution >= 4 is 0 Å². The third kappa shape index (κ3) is 3.51. The van der Waals surface area contributed by atoms with Crippen LogP contribution in [0.2, 0.25) is 0 Å². The standard InChI is InChI=1S/C10H15FN2/c1-3-8(2)12-7-10-5-4-9(11)6-13-10/h4-6,8,12H,3,7H2,1-2H3. The number of rotatable bonds is 4. The highest BCUT2D eigenvalue weighted by molar-refractivity contribution is 5.04. The molecule has 1 heterocycles. The number of aromatic nitrogens is 1. The molecule has 0 aliphatic carbocycles. The largest absolute Gasteiger partial charge is 0.309 e. The van der Waals surface area contributed by atoms with Gasteiger partial charge in [0.2, 0.25) is 0 Å². The Labute approximate surface area is 78.2 Å². The highest BCUT2D eigenvalue weighted by Crippen LogP contribution is 1.98. The molecule has 72 valence electrons. The first-order valence-electron chi connectivity index (χ1n) is 4.56. The molecule has 3 heteroatoms. The van der Waals surface area contributed by atoms with Gasteiger partial charge >= 0.3 is 0 Å². The highest BCUT2D eigenvalue weighted by atomic mass is 19.1. The molecule has 0 saturated heterocycles. The van der Waals surface area contributed by atoms with E-state index in [2.05, 4.69) is 24.1 Å². The fourth-order valence-corrected chi connectivity index (χ4v) is 0.934. The van der Waals surface area contributed by atoms with Gasteiger partial charge in [-0.25, -0.2) is 4.39 Å². The Balaban J connectivity index is 2.41. The van der Waals surface area contributed by atoms with Crippen molar-refractivity contribution < 1.29 is 4.39 Å². The number of halogens is 1. The predicted molar refractivity (Wildman–Crippen MR) is 50.8 cm³/mol. The van der Waals surface area contributed by atoms with Gasteiger partial charge in [-0.2, -0.15) is 0 Å². The van der Waals surface area contributed by atoms with E-state index in [-0.39, 0.29) is 5.82 Å². The van der Waals surface area contributed by atoms with Gasteiger partial charge in [0.1, 0.15) is 5.82 Å². The van der Waals surface area contributed by atoms with E-state index in [9.17, 15) is 4.39 Å². The van der Waals surface area contributed by atoms with E-state index in [1.807, 2.05) is 0 Å². The second-order valence-electron chi connectivity index (χ2n) is 3.16. The molecule has 2 nitrogen and oxygen atoms in total. The Kier molecular flexibility index (Phi) is 3.83. The van der Waals surface area contributed by atoms with Gasteiger partial charge in [-0.05, 0) is 25.5 Å². The Morgan fingerprint density at radius 1 is 1.54 bits per heavy atom. The minimum Gasteiger partial charge on any atom is -0.309 e. The molecule has 0 fully saturated rings. The second kappa shape index (κ2) is 4.92. The van der Waals surface area contributed by atoms with Crippen molar-refractivity contribution in [3.63, 3.8) is 0 Å². The van der Waals surface area contributed by atoms with Crippen LogP contribution in [0.15, 0.2) is 18.3 Å². The summed E-state index contributed by atoms with van der Waals surface area (Å²) < 4.78 is 12.5. The van der Waals surface area contributed by atoms with Crippen LogP contribution < -0.4 is 5.32 Å². The van der Waals surface area contributed by atoms with E-state index >= 15 is 0 Å². The lowest BCUT2D eigenvalue weighted by Crippen LogP contribution is -2.24. The molecular formula is C10H15FN2. The molecule has 0 spiro atoms. The summed E-state index contributed by atoms with van der Waals surface area (Å²) in [6.07, 6.45) is 2.33. The van der Waals surface area contributed by atoms with Crippen LogP contribution >= 0.6 is 0 Å². The fraction of sp³-hybridized carbons (Fsp3) is 0.500. The maximum absolute atomic E-state index is 12.5. The molecular weight excluding hydrogens is 167 g/mol. The van der Waals surface area contributed by atoms with Crippen molar-refractivity contribution in [2.45, 2.75) is 32.9 Å². The Morgan fingerprint density at radius 2 is 2.31 bits per heavy atom. The minimum atomic E-state index is -0.285. The molecule has 0 bridgehead atoms. The molecule has 1 unspecified atom stereocenters. The molecule has 1 rings (SSSR count). The van der Waals surface area contributed by atoms with E-state index in [1.54, 1.807) is 6.07 Å². The summed E-state index contributed by atoms with van der Waals surface area (Å²) >= 11 is 0. The van der Waals surface area contributed by atoms with Crippen molar-refractivity contribution in [3.8, 4) is 0 Å². The predicted octanol–water partition coefficient (Wildman–Crippen LogP) is 2.11. The molecule has 1 aromatic heterocycles. The topological polar surface area (TPSA) is 24.9 Å². The van der Waals surface area contributed by atoms with E-state index in [0.29, 0.717) is 12.6 Å². The summed E-state index contributed by atoms with van der Waals surface area (Å²) in [5.41, 5.74) is 0.877. The van der Waals surface area contributed by atoms with Crippen LogP contribution in [0.3, 0.4) is 0 Å². The normalized spacial score (nSPS) is 12.8. The van der Waals surface area contributed by atoms with Gasteiger partial charge in [0.25, 0.3) is 0 Å². The monoisotopic (exact) mass is 182 g/mol. The first-order chi connectivity index (χ1) is 6.22. The van der Waals surface area contributed by atoms with Gasteiger partial charge in [-0.15, -0.1) is 0 Å². The summed E-state index contributed by atoms with van der Waals surface area (Å²) in [5, 5.41) is 3.28. The molecule has 0 saturated carbocycles. The SMILES string of the molecule is CCC(C)NCc1ccc(F)cn1. The molecule has 0 aliphatic rings. The smallest absolute Gasteiger partial charge is 0.141 e. The van der Waals surface area contributed by atoms with Crippen molar-refractivity contribution in [1.29, 1.82) is 0 Å². The first kappa shape index (κ1) is 10.1. The van der Waals surface area contributed by atoms with Crippen molar-refractivity contribution in [2.75, 3.05) is 0 Å². The first-order valence-corrected chi connectivity index (χ1v) is 4.56. The van der Waals surface area contributed by atoms with Gasteiger partial charge in [0, 0.05) is 12.6 Å². The third-order valence-corrected chi connectivity index (χ3v) is 2.03. The van der Waals surface area contributed by atoms with E-state index in [0.717, 1.165) is 12.1 Å². The van der Waals surface area contributed by atoms with Crippen LogP contribution in [0.5, 0.6) is 0 Å². The van der Waals surface area contributed by atoms with Gasteiger partial charge < -0.3 is 5.32 Å². The van der Waals surface area contributed by atoms with Crippen LogP contribution in [-0.2, 0) is 6.54 Å². The lowest BCUT2D eigenvalue weighted by atomic mass is 10.2. The molecule has 0 aromatic carbocycles. The van der Waals surface area contributed by atoms with Crippen LogP contribution in [-0.4, -0.2) is 11.0 Å². The molecule has 1 N–H and O–H groups in total. The second-order valence-corrected chi connectivity index (χ2v) is 3.16. The van der Waals surface area contributed by atoms with Gasteiger partial charge in [0.15, 0.2) is 0 Å². The highest BCUT2D eigenvalue weighted by Gasteiger charge is 1.98. The lowest BCUT2D eigenvalue weighted by molar-refractivity contribution is 0.527. The maximum atomic E-state index is 12.5. The van der Waals surface area contributed by atoms with Crippen LogP contribution in [0.25, 0.3) is 0 Å². The maximum Gasteiger partial charge on any atom is 0.141 e. The zero-order valence-corrected chi connectivity index (χ0v) is 8.05. The molecule has 13 heavy (non-hydrogen) atoms. The van der Waals surface area contributed by atoms with E-state index < -0.39 is 0 Å². The number of hydrogen-bond acceptors (Lipinski definition) is 2. The van der Waals surface area contributed by atoms with Gasteiger partial charge in [0.05, 0.1) is 11.9 Å². The Hall–Kier alpha value is -0.960. The summed E-state index contributed by atoms with van der Waals surface area (Å²) in [5.74, 6) is -0.285. The lowest BCUT2D eigenvalue weighted by Gasteiger charge is -2.09. The zero-order valence-electron chi connectivity index (χ0n) is 8.05. The average molecular weight is 182 g/mol. The van der Waals surface area contributed by atoms with Crippen molar-refractivity contribution in [2.24, 2.45) is 0 Å². The average Bonchev–Trinajstić information content (AvgIpc) is 2.16. The molecule has 0 amide bonds. The summed E-state index contributed by atoms with van der Waals surface area (Å²) in [6.45, 7) is 4.94. The van der Waals surface area contributed by atoms with E-state index in [4.69, 9.17) is 0 Å². The minimum absolute atomic E-state index is 0.285. The van der Waals surface area contributed by atoms with Gasteiger partial charge in [-0.1, -0.05) is 6.92 Å². The number of nitrogens with one attached hydrogen (secondary N) is 1. The summed E-state index contributed by atoms with van der Waals surface area (Å²) in [7, 11) is 0. The van der Waals surface area contributed by atoms with E-state index in [1.165, 1.54) is 12.3 Å². The van der Waals surface area contributed by atoms with Crippen LogP contribution in [0, 0.1) is 5.82 Å². The van der Waals surface area contributed by atoms with Crippen molar-refractivity contribution in [1.82, 2.24) is 10.3 Å². The summed E-state index contributed by atoms with van der Waals surface area (Å²) in [4.78, 5) is 3.95. The molecule has 0 radical (unpaired) electrons. The van der Waals surface area contributed by atoms with Gasteiger partial charge in [-0.3, -0.25) is 4.98 Å². The fourth-order valence-electron chi connectivity index (χ4n) is 0.934. The Bertz CT molecular complexity index is 246. The molecule has 1 aromatic rings. The zero-order chi connectivity index (χ0) is 9.68. The molecule has 1 atom stereocenters. The molecule has 0 aliphatic heterocycles. The van der Waals surface area contributed by atoms with Crippen LogP contribution in [0.4, 0.5) is 4.39 Å². The quantitative estimate of drug-likeness (QED) is 0.771. The van der Waals surface area contributed by atoms with Crippen LogP contribution in [0.1, 0.15) is 26.0 Å². The van der Waals surface area contributed by atoms with Crippen molar-refractivity contribution in [3.05, 3.63) is 29.8 Å². The number of hydrogen-bond donors (Lipinski definition) is 1. The Morgan fingerprint density at radius 3 is 2.85 bits per heavy atom. The third-order valence-electron chi connectivity index (χ3n) is 2.03. The summed E-state index contributed by atoms with van der Waals surface area (Å²) in [6, 6.07) is 3.61.